The van der Waals surface area contributed by atoms with E-state index >= 15 is 0 Å². The van der Waals surface area contributed by atoms with Gasteiger partial charge in [0.05, 0.1) is 6.54 Å². The molecule has 1 saturated carbocycles. The summed E-state index contributed by atoms with van der Waals surface area (Å²) < 4.78 is 10.9. The Bertz CT molecular complexity index is 694. The Kier molecular flexibility index (Phi) is 2.77. The Morgan fingerprint density at radius 3 is 3.00 bits per heavy atom. The van der Waals surface area contributed by atoms with Gasteiger partial charge in [-0.25, -0.2) is 0 Å². The summed E-state index contributed by atoms with van der Waals surface area (Å²) in [6.07, 6.45) is 2.67. The zero-order valence-electron chi connectivity index (χ0n) is 11.0. The highest BCUT2D eigenvalue weighted by Gasteiger charge is 2.20. The van der Waals surface area contributed by atoms with E-state index in [2.05, 4.69) is 15.5 Å². The van der Waals surface area contributed by atoms with Crippen molar-refractivity contribution in [1.29, 1.82) is 0 Å². The van der Waals surface area contributed by atoms with Gasteiger partial charge in [-0.05, 0) is 37.4 Å². The van der Waals surface area contributed by atoms with Crippen LogP contribution in [0.25, 0.3) is 22.6 Å². The Hall–Kier alpha value is -2.14. The molecule has 2 aromatic heterocycles. The molecule has 0 amide bonds. The zero-order chi connectivity index (χ0) is 13.4. The number of nitrogens with zero attached hydrogens (tertiary/aromatic N) is 2. The van der Waals surface area contributed by atoms with E-state index in [1.807, 2.05) is 30.3 Å². The second-order valence-corrected chi connectivity index (χ2v) is 5.23. The Morgan fingerprint density at radius 1 is 1.25 bits per heavy atom. The van der Waals surface area contributed by atoms with Crippen LogP contribution in [0, 0.1) is 5.92 Å². The first kappa shape index (κ1) is 11.7. The van der Waals surface area contributed by atoms with Crippen LogP contribution < -0.4 is 5.32 Å². The number of nitrogens with one attached hydrogen (secondary N) is 1. The summed E-state index contributed by atoms with van der Waals surface area (Å²) in [5.74, 6) is 2.58. The van der Waals surface area contributed by atoms with Crippen molar-refractivity contribution in [2.75, 3.05) is 6.54 Å². The molecule has 1 fully saturated rings. The minimum atomic E-state index is 0.504. The fourth-order valence-electron chi connectivity index (χ4n) is 2.22. The van der Waals surface area contributed by atoms with E-state index in [9.17, 15) is 0 Å². The normalized spacial score (nSPS) is 15.0. The first-order chi connectivity index (χ1) is 9.88. The summed E-state index contributed by atoms with van der Waals surface area (Å²) in [5, 5.41) is 8.35. The number of para-hydroxylation sites is 1. The Morgan fingerprint density at radius 2 is 2.15 bits per heavy atom. The number of hydrogen-bond acceptors (Lipinski definition) is 5. The van der Waals surface area contributed by atoms with E-state index in [4.69, 9.17) is 8.94 Å². The fraction of sp³-hybridized carbons (Fsp3) is 0.333. The van der Waals surface area contributed by atoms with E-state index < -0.39 is 0 Å². The first-order valence-corrected chi connectivity index (χ1v) is 6.91. The van der Waals surface area contributed by atoms with E-state index in [0.29, 0.717) is 24.0 Å². The van der Waals surface area contributed by atoms with E-state index in [1.54, 1.807) is 0 Å². The van der Waals surface area contributed by atoms with Crippen molar-refractivity contribution >= 4 is 11.0 Å². The minimum absolute atomic E-state index is 0.504. The Labute approximate surface area is 116 Å². The highest BCUT2D eigenvalue weighted by Crippen LogP contribution is 2.28. The molecular formula is C15H15N3O2. The van der Waals surface area contributed by atoms with Crippen molar-refractivity contribution in [2.45, 2.75) is 19.4 Å². The molecule has 2 heterocycles. The van der Waals surface area contributed by atoms with Crippen LogP contribution in [0.4, 0.5) is 0 Å². The van der Waals surface area contributed by atoms with Crippen LogP contribution in [0.3, 0.4) is 0 Å². The molecule has 20 heavy (non-hydrogen) atoms. The van der Waals surface area contributed by atoms with Crippen LogP contribution in [-0.2, 0) is 6.54 Å². The monoisotopic (exact) mass is 269 g/mol. The van der Waals surface area contributed by atoms with Gasteiger partial charge in [0.1, 0.15) is 5.58 Å². The molecule has 0 saturated heterocycles. The van der Waals surface area contributed by atoms with Crippen molar-refractivity contribution in [3.05, 3.63) is 36.2 Å². The van der Waals surface area contributed by atoms with Gasteiger partial charge in [-0.1, -0.05) is 23.4 Å². The van der Waals surface area contributed by atoms with Crippen LogP contribution in [0.1, 0.15) is 18.7 Å². The third-order valence-electron chi connectivity index (χ3n) is 3.52. The highest BCUT2D eigenvalue weighted by molar-refractivity contribution is 5.81. The van der Waals surface area contributed by atoms with Crippen LogP contribution in [0.15, 0.2) is 39.3 Å². The number of hydrogen-bond donors (Lipinski definition) is 1. The van der Waals surface area contributed by atoms with Crippen LogP contribution in [-0.4, -0.2) is 16.7 Å². The number of aromatic nitrogens is 2. The summed E-state index contributed by atoms with van der Waals surface area (Å²) in [6.45, 7) is 1.64. The van der Waals surface area contributed by atoms with Gasteiger partial charge in [-0.3, -0.25) is 0 Å². The lowest BCUT2D eigenvalue weighted by Crippen LogP contribution is -2.16. The van der Waals surface area contributed by atoms with Gasteiger partial charge in [0.2, 0.25) is 11.7 Å². The molecular weight excluding hydrogens is 254 g/mol. The lowest BCUT2D eigenvalue weighted by molar-refractivity contribution is 0.366. The minimum Gasteiger partial charge on any atom is -0.453 e. The van der Waals surface area contributed by atoms with E-state index in [0.717, 1.165) is 23.4 Å². The van der Waals surface area contributed by atoms with Gasteiger partial charge in [-0.15, -0.1) is 0 Å². The lowest BCUT2D eigenvalue weighted by Gasteiger charge is -1.96. The molecule has 1 aliphatic carbocycles. The maximum absolute atomic E-state index is 5.71. The summed E-state index contributed by atoms with van der Waals surface area (Å²) in [7, 11) is 0. The van der Waals surface area contributed by atoms with Crippen LogP contribution in [0.2, 0.25) is 0 Å². The molecule has 102 valence electrons. The van der Waals surface area contributed by atoms with Crippen LogP contribution >= 0.6 is 0 Å². The van der Waals surface area contributed by atoms with Crippen molar-refractivity contribution < 1.29 is 8.94 Å². The summed E-state index contributed by atoms with van der Waals surface area (Å²) in [4.78, 5) is 4.36. The van der Waals surface area contributed by atoms with Crippen molar-refractivity contribution in [2.24, 2.45) is 5.92 Å². The molecule has 5 heteroatoms. The molecule has 0 bridgehead atoms. The number of fused-ring (bicyclic) bond motifs is 1. The van der Waals surface area contributed by atoms with E-state index in [-0.39, 0.29) is 0 Å². The Balaban J connectivity index is 1.51. The molecule has 0 unspecified atom stereocenters. The SMILES string of the molecule is c1ccc2oc(-c3noc(CNCC4CC4)n3)cc2c1. The maximum Gasteiger partial charge on any atom is 0.241 e. The smallest absolute Gasteiger partial charge is 0.241 e. The summed E-state index contributed by atoms with van der Waals surface area (Å²) in [5.41, 5.74) is 0.834. The number of furan rings is 1. The fourth-order valence-corrected chi connectivity index (χ4v) is 2.22. The predicted molar refractivity (Wildman–Crippen MR) is 73.9 cm³/mol. The largest absolute Gasteiger partial charge is 0.453 e. The number of rotatable bonds is 5. The molecule has 0 radical (unpaired) electrons. The molecule has 1 aromatic carbocycles. The van der Waals surface area contributed by atoms with Crippen molar-refractivity contribution in [3.8, 4) is 11.6 Å². The van der Waals surface area contributed by atoms with Gasteiger partial charge in [0.15, 0.2) is 5.76 Å². The maximum atomic E-state index is 5.71. The number of benzene rings is 1. The topological polar surface area (TPSA) is 64.1 Å². The van der Waals surface area contributed by atoms with Gasteiger partial charge in [-0.2, -0.15) is 4.98 Å². The summed E-state index contributed by atoms with van der Waals surface area (Å²) >= 11 is 0. The van der Waals surface area contributed by atoms with Gasteiger partial charge < -0.3 is 14.3 Å². The second-order valence-electron chi connectivity index (χ2n) is 5.23. The third-order valence-corrected chi connectivity index (χ3v) is 3.52. The third kappa shape index (κ3) is 2.32. The average molecular weight is 269 g/mol. The molecule has 0 aliphatic heterocycles. The van der Waals surface area contributed by atoms with Crippen LogP contribution in [0.5, 0.6) is 0 Å². The van der Waals surface area contributed by atoms with Gasteiger partial charge in [0.25, 0.3) is 0 Å². The first-order valence-electron chi connectivity index (χ1n) is 6.91. The highest BCUT2D eigenvalue weighted by atomic mass is 16.5. The standard InChI is InChI=1S/C15H15N3O2/c1-2-4-12-11(3-1)7-13(19-12)15-17-14(20-18-15)9-16-8-10-5-6-10/h1-4,7,10,16H,5-6,8-9H2. The van der Waals surface area contributed by atoms with Crippen molar-refractivity contribution in [3.63, 3.8) is 0 Å². The molecule has 4 rings (SSSR count). The van der Waals surface area contributed by atoms with Gasteiger partial charge in [0, 0.05) is 5.39 Å². The van der Waals surface area contributed by atoms with Gasteiger partial charge >= 0.3 is 0 Å². The predicted octanol–water partition coefficient (Wildman–Crippen LogP) is 2.98. The molecule has 1 N–H and O–H groups in total. The molecule has 5 nitrogen and oxygen atoms in total. The van der Waals surface area contributed by atoms with Crippen molar-refractivity contribution in [1.82, 2.24) is 15.5 Å². The molecule has 1 aliphatic rings. The average Bonchev–Trinajstić information content (AvgIpc) is 3.01. The molecule has 3 aromatic rings. The zero-order valence-corrected chi connectivity index (χ0v) is 11.0. The summed E-state index contributed by atoms with van der Waals surface area (Å²) in [6, 6.07) is 9.78. The molecule has 0 atom stereocenters. The lowest BCUT2D eigenvalue weighted by atomic mass is 10.2. The quantitative estimate of drug-likeness (QED) is 0.771. The molecule has 0 spiro atoms. The van der Waals surface area contributed by atoms with E-state index in [1.165, 1.54) is 12.8 Å². The second kappa shape index (κ2) is 4.76.